The van der Waals surface area contributed by atoms with Crippen molar-refractivity contribution < 1.29 is 4.79 Å². The van der Waals surface area contributed by atoms with Gasteiger partial charge in [-0.05, 0) is 52.9 Å². The van der Waals surface area contributed by atoms with Crippen LogP contribution in [0, 0.1) is 5.92 Å². The summed E-state index contributed by atoms with van der Waals surface area (Å²) in [6, 6.07) is 9.74. The molecule has 1 atom stereocenters. The molecule has 1 fully saturated rings. The topological polar surface area (TPSA) is 45.2 Å². The van der Waals surface area contributed by atoms with Gasteiger partial charge in [-0.25, -0.2) is 0 Å². The van der Waals surface area contributed by atoms with Crippen molar-refractivity contribution in [3.8, 4) is 0 Å². The van der Waals surface area contributed by atoms with Gasteiger partial charge in [-0.2, -0.15) is 0 Å². The van der Waals surface area contributed by atoms with Crippen molar-refractivity contribution in [1.82, 2.24) is 9.88 Å². The van der Waals surface area contributed by atoms with Crippen molar-refractivity contribution in [2.75, 3.05) is 18.4 Å². The van der Waals surface area contributed by atoms with E-state index < -0.39 is 0 Å². The fourth-order valence-corrected chi connectivity index (χ4v) is 3.28. The second-order valence-electron chi connectivity index (χ2n) is 6.07. The maximum Gasteiger partial charge on any atom is 0.255 e. The number of carbonyl (C=O) groups excluding carboxylic acids is 1. The third-order valence-electron chi connectivity index (χ3n) is 4.08. The summed E-state index contributed by atoms with van der Waals surface area (Å²) in [5, 5.41) is 3.30. The van der Waals surface area contributed by atoms with Gasteiger partial charge in [-0.1, -0.05) is 19.1 Å². The molecule has 3 rings (SSSR count). The molecule has 1 aromatic carbocycles. The molecule has 1 unspecified atom stereocenters. The predicted octanol–water partition coefficient (Wildman–Crippen LogP) is 4.46. The van der Waals surface area contributed by atoms with Gasteiger partial charge in [0.15, 0.2) is 0 Å². The summed E-state index contributed by atoms with van der Waals surface area (Å²) in [6.07, 6.45) is 5.66. The van der Waals surface area contributed by atoms with Crippen LogP contribution in [0.4, 0.5) is 11.4 Å². The number of rotatable bonds is 3. The van der Waals surface area contributed by atoms with Crippen molar-refractivity contribution >= 4 is 33.2 Å². The van der Waals surface area contributed by atoms with Gasteiger partial charge < -0.3 is 10.2 Å². The molecule has 4 nitrogen and oxygen atoms in total. The first-order chi connectivity index (χ1) is 11.1. The summed E-state index contributed by atoms with van der Waals surface area (Å²) in [5.41, 5.74) is 2.40. The zero-order chi connectivity index (χ0) is 16.2. The number of amides is 1. The average Bonchev–Trinajstić information content (AvgIpc) is 2.56. The van der Waals surface area contributed by atoms with E-state index in [4.69, 9.17) is 0 Å². The van der Waals surface area contributed by atoms with Crippen molar-refractivity contribution in [2.45, 2.75) is 19.8 Å². The predicted molar refractivity (Wildman–Crippen MR) is 96.0 cm³/mol. The molecule has 0 radical (unpaired) electrons. The molecule has 0 saturated carbocycles. The van der Waals surface area contributed by atoms with Crippen molar-refractivity contribution in [3.63, 3.8) is 0 Å². The van der Waals surface area contributed by atoms with E-state index in [0.29, 0.717) is 11.5 Å². The van der Waals surface area contributed by atoms with Crippen LogP contribution in [0.3, 0.4) is 0 Å². The molecule has 120 valence electrons. The first kappa shape index (κ1) is 16.0. The van der Waals surface area contributed by atoms with E-state index in [1.165, 1.54) is 6.42 Å². The Labute approximate surface area is 145 Å². The van der Waals surface area contributed by atoms with Crippen LogP contribution in [0.15, 0.2) is 47.2 Å². The van der Waals surface area contributed by atoms with E-state index in [2.05, 4.69) is 33.2 Å². The molecule has 2 heterocycles. The second kappa shape index (κ2) is 7.13. The van der Waals surface area contributed by atoms with Gasteiger partial charge in [0, 0.05) is 23.8 Å². The highest BCUT2D eigenvalue weighted by molar-refractivity contribution is 9.10. The molecule has 1 aromatic heterocycles. The number of benzene rings is 1. The Morgan fingerprint density at radius 1 is 1.35 bits per heavy atom. The molecule has 1 aliphatic rings. The van der Waals surface area contributed by atoms with Crippen LogP contribution in [0.25, 0.3) is 0 Å². The molecule has 5 heteroatoms. The van der Waals surface area contributed by atoms with Crippen molar-refractivity contribution in [2.24, 2.45) is 5.92 Å². The average molecular weight is 374 g/mol. The van der Waals surface area contributed by atoms with Gasteiger partial charge in [-0.3, -0.25) is 9.78 Å². The fourth-order valence-electron chi connectivity index (χ4n) is 2.90. The number of hydrogen-bond acceptors (Lipinski definition) is 3. The molecule has 1 saturated heterocycles. The summed E-state index contributed by atoms with van der Waals surface area (Å²) in [6.45, 7) is 3.87. The van der Waals surface area contributed by atoms with Crippen LogP contribution >= 0.6 is 15.9 Å². The molecule has 0 aliphatic carbocycles. The Kier molecular flexibility index (Phi) is 4.96. The quantitative estimate of drug-likeness (QED) is 0.863. The second-order valence-corrected chi connectivity index (χ2v) is 6.92. The number of nitrogens with one attached hydrogen (secondary N) is 1. The Hall–Kier alpha value is -1.88. The van der Waals surface area contributed by atoms with Crippen LogP contribution in [0.5, 0.6) is 0 Å². The number of pyridine rings is 1. The summed E-state index contributed by atoms with van der Waals surface area (Å²) in [7, 11) is 0. The summed E-state index contributed by atoms with van der Waals surface area (Å²) >= 11 is 3.51. The number of aromatic nitrogens is 1. The zero-order valence-corrected chi connectivity index (χ0v) is 14.7. The van der Waals surface area contributed by atoms with Gasteiger partial charge in [0.25, 0.3) is 5.91 Å². The SMILES string of the molecule is CC1CCCN(C(=O)c2cncc(Nc3ccccc3Br)c2)C1. The van der Waals surface area contributed by atoms with E-state index in [9.17, 15) is 4.79 Å². The fraction of sp³-hybridized carbons (Fsp3) is 0.333. The van der Waals surface area contributed by atoms with E-state index in [1.807, 2.05) is 35.2 Å². The Morgan fingerprint density at radius 3 is 2.96 bits per heavy atom. The molecule has 1 aliphatic heterocycles. The largest absolute Gasteiger partial charge is 0.353 e. The molecular weight excluding hydrogens is 354 g/mol. The number of likely N-dealkylation sites (tertiary alicyclic amines) is 1. The number of para-hydroxylation sites is 1. The zero-order valence-electron chi connectivity index (χ0n) is 13.1. The third-order valence-corrected chi connectivity index (χ3v) is 4.77. The maximum absolute atomic E-state index is 12.7. The van der Waals surface area contributed by atoms with Crippen LogP contribution in [-0.4, -0.2) is 28.9 Å². The highest BCUT2D eigenvalue weighted by atomic mass is 79.9. The maximum atomic E-state index is 12.7. The minimum Gasteiger partial charge on any atom is -0.353 e. The normalized spacial score (nSPS) is 17.8. The van der Waals surface area contributed by atoms with E-state index in [0.717, 1.165) is 35.4 Å². The van der Waals surface area contributed by atoms with Crippen molar-refractivity contribution in [1.29, 1.82) is 0 Å². The van der Waals surface area contributed by atoms with Gasteiger partial charge in [0.1, 0.15) is 0 Å². The Balaban J connectivity index is 1.77. The van der Waals surface area contributed by atoms with Gasteiger partial charge in [0.2, 0.25) is 0 Å². The summed E-state index contributed by atoms with van der Waals surface area (Å²) < 4.78 is 0.974. The highest BCUT2D eigenvalue weighted by Crippen LogP contribution is 2.26. The van der Waals surface area contributed by atoms with Gasteiger partial charge in [-0.15, -0.1) is 0 Å². The monoisotopic (exact) mass is 373 g/mol. The number of anilines is 2. The summed E-state index contributed by atoms with van der Waals surface area (Å²) in [4.78, 5) is 18.8. The molecule has 0 spiro atoms. The molecule has 1 amide bonds. The minimum absolute atomic E-state index is 0.0693. The minimum atomic E-state index is 0.0693. The summed E-state index contributed by atoms with van der Waals surface area (Å²) in [5.74, 6) is 0.641. The lowest BCUT2D eigenvalue weighted by molar-refractivity contribution is 0.0682. The third kappa shape index (κ3) is 3.91. The Morgan fingerprint density at radius 2 is 2.17 bits per heavy atom. The number of piperidine rings is 1. The van der Waals surface area contributed by atoms with E-state index >= 15 is 0 Å². The lowest BCUT2D eigenvalue weighted by Gasteiger charge is -2.31. The highest BCUT2D eigenvalue weighted by Gasteiger charge is 2.22. The molecule has 1 N–H and O–H groups in total. The van der Waals surface area contributed by atoms with E-state index in [-0.39, 0.29) is 5.91 Å². The lowest BCUT2D eigenvalue weighted by atomic mass is 10.00. The Bertz CT molecular complexity index is 704. The first-order valence-corrected chi connectivity index (χ1v) is 8.68. The van der Waals surface area contributed by atoms with E-state index in [1.54, 1.807) is 12.4 Å². The number of carbonyl (C=O) groups is 1. The standard InChI is InChI=1S/C18H20BrN3O/c1-13-5-4-8-22(12-13)18(23)14-9-15(11-20-10-14)21-17-7-3-2-6-16(17)19/h2-3,6-7,9-11,13,21H,4-5,8,12H2,1H3. The van der Waals surface area contributed by atoms with Gasteiger partial charge in [0.05, 0.1) is 23.1 Å². The number of hydrogen-bond donors (Lipinski definition) is 1. The van der Waals surface area contributed by atoms with Crippen LogP contribution in [0.1, 0.15) is 30.1 Å². The first-order valence-electron chi connectivity index (χ1n) is 7.89. The number of nitrogens with zero attached hydrogens (tertiary/aromatic N) is 2. The number of halogens is 1. The molecule has 2 aromatic rings. The molecule has 23 heavy (non-hydrogen) atoms. The molecule has 0 bridgehead atoms. The smallest absolute Gasteiger partial charge is 0.255 e. The van der Waals surface area contributed by atoms with Crippen LogP contribution in [0.2, 0.25) is 0 Å². The van der Waals surface area contributed by atoms with Crippen LogP contribution in [-0.2, 0) is 0 Å². The van der Waals surface area contributed by atoms with Crippen molar-refractivity contribution in [3.05, 3.63) is 52.8 Å². The van der Waals surface area contributed by atoms with Crippen LogP contribution < -0.4 is 5.32 Å². The lowest BCUT2D eigenvalue weighted by Crippen LogP contribution is -2.39. The molecular formula is C18H20BrN3O. The van der Waals surface area contributed by atoms with Gasteiger partial charge >= 0.3 is 0 Å².